The van der Waals surface area contributed by atoms with Gasteiger partial charge in [0, 0.05) is 31.0 Å². The molecule has 1 fully saturated rings. The van der Waals surface area contributed by atoms with Crippen molar-refractivity contribution >= 4 is 11.6 Å². The van der Waals surface area contributed by atoms with E-state index in [0.717, 1.165) is 17.0 Å². The Kier molecular flexibility index (Phi) is 3.73. The van der Waals surface area contributed by atoms with Gasteiger partial charge in [0.2, 0.25) is 0 Å². The number of nitrogens with one attached hydrogen (secondary N) is 2. The van der Waals surface area contributed by atoms with Crippen molar-refractivity contribution in [2.45, 2.75) is 31.7 Å². The molecule has 3 N–H and O–H groups in total. The van der Waals surface area contributed by atoms with Crippen molar-refractivity contribution < 1.29 is 9.90 Å². The largest absolute Gasteiger partial charge is 0.396 e. The van der Waals surface area contributed by atoms with Gasteiger partial charge in [0.1, 0.15) is 0 Å². The lowest BCUT2D eigenvalue weighted by molar-refractivity contribution is 0.0945. The number of hydrogen-bond donors (Lipinski definition) is 3. The number of amides is 1. The first-order valence-electron chi connectivity index (χ1n) is 8.00. The van der Waals surface area contributed by atoms with E-state index in [4.69, 9.17) is 5.11 Å². The van der Waals surface area contributed by atoms with Crippen molar-refractivity contribution in [3.63, 3.8) is 0 Å². The number of hydrogen-bond acceptors (Lipinski definition) is 5. The van der Waals surface area contributed by atoms with Gasteiger partial charge < -0.3 is 10.4 Å². The van der Waals surface area contributed by atoms with Gasteiger partial charge in [0.15, 0.2) is 11.3 Å². The molecule has 0 unspecified atom stereocenters. The third-order valence-electron chi connectivity index (χ3n) is 4.09. The smallest absolute Gasteiger partial charge is 0.272 e. The molecule has 1 aliphatic carbocycles. The summed E-state index contributed by atoms with van der Waals surface area (Å²) in [5, 5.41) is 23.3. The van der Waals surface area contributed by atoms with E-state index < -0.39 is 0 Å². The first-order valence-corrected chi connectivity index (χ1v) is 8.00. The van der Waals surface area contributed by atoms with Gasteiger partial charge >= 0.3 is 0 Å². The summed E-state index contributed by atoms with van der Waals surface area (Å²) < 4.78 is 1.56. The number of aromatic nitrogens is 5. The van der Waals surface area contributed by atoms with Gasteiger partial charge in [0.05, 0.1) is 17.9 Å². The lowest BCUT2D eigenvalue weighted by Crippen LogP contribution is -2.23. The monoisotopic (exact) mass is 326 g/mol. The number of aliphatic hydroxyl groups is 1. The molecular formula is C16H18N6O2. The first-order chi connectivity index (χ1) is 11.7. The highest BCUT2D eigenvalue weighted by Gasteiger charge is 2.26. The molecule has 3 aromatic heterocycles. The summed E-state index contributed by atoms with van der Waals surface area (Å²) in [5.74, 6) is 0.329. The molecule has 0 radical (unpaired) electrons. The third-order valence-corrected chi connectivity index (χ3v) is 4.09. The van der Waals surface area contributed by atoms with E-state index in [1.807, 2.05) is 6.07 Å². The van der Waals surface area contributed by atoms with E-state index in [-0.39, 0.29) is 12.5 Å². The van der Waals surface area contributed by atoms with Crippen LogP contribution in [0.25, 0.3) is 5.65 Å². The highest BCUT2D eigenvalue weighted by Crippen LogP contribution is 2.38. The van der Waals surface area contributed by atoms with E-state index in [2.05, 4.69) is 25.6 Å². The molecule has 1 aliphatic rings. The van der Waals surface area contributed by atoms with Gasteiger partial charge in [-0.25, -0.2) is 9.50 Å². The van der Waals surface area contributed by atoms with Crippen LogP contribution in [0.2, 0.25) is 0 Å². The minimum atomic E-state index is -0.258. The van der Waals surface area contributed by atoms with Crippen LogP contribution >= 0.6 is 0 Å². The molecule has 3 aromatic rings. The van der Waals surface area contributed by atoms with Crippen molar-refractivity contribution in [2.24, 2.45) is 0 Å². The molecule has 4 rings (SSSR count). The second-order valence-electron chi connectivity index (χ2n) is 6.04. The Balaban J connectivity index is 1.43. The van der Waals surface area contributed by atoms with Crippen LogP contribution in [0, 0.1) is 0 Å². The Morgan fingerprint density at radius 1 is 1.42 bits per heavy atom. The van der Waals surface area contributed by atoms with Crippen molar-refractivity contribution in [3.05, 3.63) is 47.2 Å². The lowest BCUT2D eigenvalue weighted by atomic mass is 10.2. The number of H-pyrrole nitrogens is 1. The Morgan fingerprint density at radius 3 is 3.08 bits per heavy atom. The topological polar surface area (TPSA) is 108 Å². The number of carbonyl (C=O) groups excluding carboxylic acids is 1. The fourth-order valence-corrected chi connectivity index (χ4v) is 2.61. The summed E-state index contributed by atoms with van der Waals surface area (Å²) in [6.07, 6.45) is 6.35. The molecule has 1 saturated carbocycles. The van der Waals surface area contributed by atoms with Crippen LogP contribution in [0.3, 0.4) is 0 Å². The molecule has 0 aliphatic heterocycles. The van der Waals surface area contributed by atoms with Crippen LogP contribution < -0.4 is 5.32 Å². The van der Waals surface area contributed by atoms with Crippen molar-refractivity contribution in [1.82, 2.24) is 30.1 Å². The van der Waals surface area contributed by atoms with E-state index in [9.17, 15) is 4.79 Å². The minimum absolute atomic E-state index is 0.0504. The van der Waals surface area contributed by atoms with Gasteiger partial charge in [-0.05, 0) is 30.9 Å². The summed E-state index contributed by atoms with van der Waals surface area (Å²) in [5.41, 5.74) is 3.74. The number of rotatable bonds is 6. The zero-order valence-electron chi connectivity index (χ0n) is 13.1. The number of carbonyl (C=O) groups is 1. The molecule has 8 nitrogen and oxygen atoms in total. The molecule has 8 heteroatoms. The van der Waals surface area contributed by atoms with Crippen LogP contribution in [0.15, 0.2) is 24.5 Å². The predicted octanol–water partition coefficient (Wildman–Crippen LogP) is 0.795. The molecule has 124 valence electrons. The van der Waals surface area contributed by atoms with Crippen molar-refractivity contribution in [3.8, 4) is 0 Å². The van der Waals surface area contributed by atoms with E-state index in [1.54, 1.807) is 23.0 Å². The van der Waals surface area contributed by atoms with Gasteiger partial charge in [-0.1, -0.05) is 0 Å². The summed E-state index contributed by atoms with van der Waals surface area (Å²) in [4.78, 5) is 16.5. The SMILES string of the molecule is O=C(NCc1cc(C2CC2)n[nH]1)c1cc2ncc(CCO)cn2n1. The molecule has 24 heavy (non-hydrogen) atoms. The Morgan fingerprint density at radius 2 is 2.29 bits per heavy atom. The molecule has 0 spiro atoms. The Hall–Kier alpha value is -2.74. The average Bonchev–Trinajstić information content (AvgIpc) is 3.18. The lowest BCUT2D eigenvalue weighted by Gasteiger charge is -2.00. The summed E-state index contributed by atoms with van der Waals surface area (Å²) in [6, 6.07) is 3.64. The second-order valence-corrected chi connectivity index (χ2v) is 6.04. The highest BCUT2D eigenvalue weighted by atomic mass is 16.3. The molecule has 0 bridgehead atoms. The summed E-state index contributed by atoms with van der Waals surface area (Å²) >= 11 is 0. The summed E-state index contributed by atoms with van der Waals surface area (Å²) in [6.45, 7) is 0.435. The van der Waals surface area contributed by atoms with Crippen LogP contribution in [0.4, 0.5) is 0 Å². The maximum Gasteiger partial charge on any atom is 0.272 e. The highest BCUT2D eigenvalue weighted by molar-refractivity contribution is 5.93. The molecule has 1 amide bonds. The molecule has 0 saturated heterocycles. The average molecular weight is 326 g/mol. The maximum atomic E-state index is 12.3. The van der Waals surface area contributed by atoms with Crippen LogP contribution in [-0.4, -0.2) is 42.4 Å². The quantitative estimate of drug-likeness (QED) is 0.621. The number of fused-ring (bicyclic) bond motifs is 1. The number of aliphatic hydroxyl groups excluding tert-OH is 1. The standard InChI is InChI=1S/C16H18N6O2/c23-4-3-10-7-17-15-6-14(21-22(15)9-10)16(24)18-8-12-5-13(20-19-12)11-1-2-11/h5-7,9,11,23H,1-4,8H2,(H,18,24)(H,19,20). The predicted molar refractivity (Wildman–Crippen MR) is 85.5 cm³/mol. The Bertz CT molecular complexity index is 880. The summed E-state index contributed by atoms with van der Waals surface area (Å²) in [7, 11) is 0. The minimum Gasteiger partial charge on any atom is -0.396 e. The van der Waals surface area contributed by atoms with E-state index in [0.29, 0.717) is 30.2 Å². The fraction of sp³-hybridized carbons (Fsp3) is 0.375. The molecule has 3 heterocycles. The number of aromatic amines is 1. The zero-order chi connectivity index (χ0) is 16.5. The van der Waals surface area contributed by atoms with Crippen LogP contribution in [0.5, 0.6) is 0 Å². The third kappa shape index (κ3) is 3.00. The molecular weight excluding hydrogens is 308 g/mol. The normalized spacial score (nSPS) is 14.2. The van der Waals surface area contributed by atoms with Gasteiger partial charge in [-0.3, -0.25) is 9.89 Å². The second kappa shape index (κ2) is 6.04. The first kappa shape index (κ1) is 14.8. The maximum absolute atomic E-state index is 12.3. The van der Waals surface area contributed by atoms with E-state index >= 15 is 0 Å². The Labute approximate surface area is 137 Å². The molecule has 0 atom stereocenters. The van der Waals surface area contributed by atoms with Gasteiger partial charge in [-0.15, -0.1) is 0 Å². The van der Waals surface area contributed by atoms with Crippen LogP contribution in [0.1, 0.15) is 46.2 Å². The van der Waals surface area contributed by atoms with Gasteiger partial charge in [-0.2, -0.15) is 10.2 Å². The van der Waals surface area contributed by atoms with Crippen LogP contribution in [-0.2, 0) is 13.0 Å². The zero-order valence-corrected chi connectivity index (χ0v) is 13.1. The number of nitrogens with zero attached hydrogens (tertiary/aromatic N) is 4. The van der Waals surface area contributed by atoms with E-state index in [1.165, 1.54) is 12.8 Å². The van der Waals surface area contributed by atoms with Crippen molar-refractivity contribution in [2.75, 3.05) is 6.61 Å². The molecule has 0 aromatic carbocycles. The fourth-order valence-electron chi connectivity index (χ4n) is 2.61. The van der Waals surface area contributed by atoms with Crippen molar-refractivity contribution in [1.29, 1.82) is 0 Å². The van der Waals surface area contributed by atoms with Gasteiger partial charge in [0.25, 0.3) is 5.91 Å².